The minimum absolute atomic E-state index is 0.159. The van der Waals surface area contributed by atoms with Crippen LogP contribution in [0.2, 0.25) is 0 Å². The van der Waals surface area contributed by atoms with Crippen molar-refractivity contribution >= 4 is 11.8 Å². The van der Waals surface area contributed by atoms with Gasteiger partial charge in [0.05, 0.1) is 20.3 Å². The predicted molar refractivity (Wildman–Crippen MR) is 119 cm³/mol. The molecule has 0 saturated carbocycles. The van der Waals surface area contributed by atoms with Crippen LogP contribution in [0.4, 0.5) is 0 Å². The van der Waals surface area contributed by atoms with Crippen LogP contribution in [0.25, 0.3) is 0 Å². The topological polar surface area (TPSA) is 71.1 Å². The van der Waals surface area contributed by atoms with Gasteiger partial charge in [-0.2, -0.15) is 0 Å². The fourth-order valence-corrected chi connectivity index (χ4v) is 3.68. The molecule has 1 atom stereocenters. The number of nitrogens with zero attached hydrogens (tertiary/aromatic N) is 2. The molecule has 2 aromatic rings. The van der Waals surface area contributed by atoms with E-state index in [1.54, 1.807) is 12.0 Å². The Morgan fingerprint density at radius 3 is 2.39 bits per heavy atom. The van der Waals surface area contributed by atoms with E-state index in [4.69, 9.17) is 9.47 Å². The Kier molecular flexibility index (Phi) is 8.44. The number of rotatable bonds is 9. The van der Waals surface area contributed by atoms with Gasteiger partial charge in [0.15, 0.2) is 0 Å². The summed E-state index contributed by atoms with van der Waals surface area (Å²) in [5, 5.41) is 3.03. The highest BCUT2D eigenvalue weighted by Crippen LogP contribution is 2.24. The SMILES string of the molecule is COc1ccc(CN(C(C)=O)C(C(=O)NCCN2CCOCC2)c2ccccc2)cc1. The van der Waals surface area contributed by atoms with E-state index in [0.717, 1.165) is 49.7 Å². The molecule has 1 aliphatic rings. The normalized spacial score (nSPS) is 15.2. The molecular formula is C24H31N3O4. The minimum Gasteiger partial charge on any atom is -0.497 e. The fraction of sp³-hybridized carbons (Fsp3) is 0.417. The maximum atomic E-state index is 13.3. The first-order valence-electron chi connectivity index (χ1n) is 10.6. The summed E-state index contributed by atoms with van der Waals surface area (Å²) in [5.41, 5.74) is 1.72. The van der Waals surface area contributed by atoms with Crippen LogP contribution in [-0.4, -0.2) is 68.1 Å². The van der Waals surface area contributed by atoms with Gasteiger partial charge in [-0.25, -0.2) is 0 Å². The number of benzene rings is 2. The highest BCUT2D eigenvalue weighted by atomic mass is 16.5. The molecule has 3 rings (SSSR count). The lowest BCUT2D eigenvalue weighted by molar-refractivity contribution is -0.140. The van der Waals surface area contributed by atoms with E-state index in [-0.39, 0.29) is 11.8 Å². The Balaban J connectivity index is 1.74. The van der Waals surface area contributed by atoms with Crippen LogP contribution < -0.4 is 10.1 Å². The van der Waals surface area contributed by atoms with Crippen molar-refractivity contribution in [2.24, 2.45) is 0 Å². The number of morpholine rings is 1. The smallest absolute Gasteiger partial charge is 0.247 e. The summed E-state index contributed by atoms with van der Waals surface area (Å²) in [4.78, 5) is 29.7. The lowest BCUT2D eigenvalue weighted by Gasteiger charge is -2.31. The Hall–Kier alpha value is -2.90. The molecular weight excluding hydrogens is 394 g/mol. The number of methoxy groups -OCH3 is 1. The Labute approximate surface area is 183 Å². The lowest BCUT2D eigenvalue weighted by Crippen LogP contribution is -2.45. The van der Waals surface area contributed by atoms with Crippen LogP contribution in [-0.2, 0) is 20.9 Å². The summed E-state index contributed by atoms with van der Waals surface area (Å²) in [5.74, 6) is 0.412. The molecule has 0 aliphatic carbocycles. The molecule has 2 aromatic carbocycles. The second-order valence-electron chi connectivity index (χ2n) is 7.55. The van der Waals surface area contributed by atoms with Gasteiger partial charge in [-0.05, 0) is 23.3 Å². The van der Waals surface area contributed by atoms with E-state index in [1.807, 2.05) is 54.6 Å². The summed E-state index contributed by atoms with van der Waals surface area (Å²) in [6.07, 6.45) is 0. The number of carbonyl (C=O) groups excluding carboxylic acids is 2. The van der Waals surface area contributed by atoms with Crippen LogP contribution in [0.3, 0.4) is 0 Å². The van der Waals surface area contributed by atoms with Gasteiger partial charge >= 0.3 is 0 Å². The summed E-state index contributed by atoms with van der Waals surface area (Å²) in [6.45, 7) is 6.30. The first-order valence-corrected chi connectivity index (χ1v) is 10.6. The standard InChI is InChI=1S/C24H31N3O4/c1-19(28)27(18-20-8-10-22(30-2)11-9-20)23(21-6-4-3-5-7-21)24(29)25-12-13-26-14-16-31-17-15-26/h3-11,23H,12-18H2,1-2H3,(H,25,29). The number of amides is 2. The molecule has 1 heterocycles. The third-order valence-electron chi connectivity index (χ3n) is 5.42. The number of hydrogen-bond donors (Lipinski definition) is 1. The maximum absolute atomic E-state index is 13.3. The van der Waals surface area contributed by atoms with Crippen LogP contribution in [0.15, 0.2) is 54.6 Å². The van der Waals surface area contributed by atoms with Crippen molar-refractivity contribution in [2.75, 3.05) is 46.5 Å². The molecule has 0 spiro atoms. The van der Waals surface area contributed by atoms with E-state index < -0.39 is 6.04 Å². The molecule has 1 saturated heterocycles. The third kappa shape index (κ3) is 6.54. The van der Waals surface area contributed by atoms with Crippen LogP contribution in [0.5, 0.6) is 5.75 Å². The zero-order valence-corrected chi connectivity index (χ0v) is 18.3. The molecule has 0 radical (unpaired) electrons. The van der Waals surface area contributed by atoms with E-state index in [0.29, 0.717) is 13.1 Å². The van der Waals surface area contributed by atoms with Gasteiger partial charge in [0.2, 0.25) is 11.8 Å². The second-order valence-corrected chi connectivity index (χ2v) is 7.55. The van der Waals surface area contributed by atoms with Crippen LogP contribution in [0.1, 0.15) is 24.1 Å². The van der Waals surface area contributed by atoms with Crippen molar-refractivity contribution in [1.29, 1.82) is 0 Å². The van der Waals surface area contributed by atoms with Crippen molar-refractivity contribution < 1.29 is 19.1 Å². The van der Waals surface area contributed by atoms with Gasteiger partial charge in [-0.15, -0.1) is 0 Å². The number of carbonyl (C=O) groups is 2. The molecule has 1 N–H and O–H groups in total. The summed E-state index contributed by atoms with van der Waals surface area (Å²) in [6, 6.07) is 16.3. The van der Waals surface area contributed by atoms with Crippen LogP contribution >= 0.6 is 0 Å². The summed E-state index contributed by atoms with van der Waals surface area (Å²) in [7, 11) is 1.61. The molecule has 0 bridgehead atoms. The molecule has 166 valence electrons. The molecule has 1 unspecified atom stereocenters. The van der Waals surface area contributed by atoms with Crippen molar-refractivity contribution in [3.63, 3.8) is 0 Å². The van der Waals surface area contributed by atoms with E-state index >= 15 is 0 Å². The number of nitrogens with one attached hydrogen (secondary N) is 1. The molecule has 2 amide bonds. The quantitative estimate of drug-likeness (QED) is 0.667. The predicted octanol–water partition coefficient (Wildman–Crippen LogP) is 2.23. The van der Waals surface area contributed by atoms with Crippen molar-refractivity contribution in [3.8, 4) is 5.75 Å². The zero-order chi connectivity index (χ0) is 22.1. The van der Waals surface area contributed by atoms with E-state index in [9.17, 15) is 9.59 Å². The third-order valence-corrected chi connectivity index (χ3v) is 5.42. The Morgan fingerprint density at radius 1 is 1.10 bits per heavy atom. The number of ether oxygens (including phenoxy) is 2. The number of hydrogen-bond acceptors (Lipinski definition) is 5. The van der Waals surface area contributed by atoms with Gasteiger partial charge in [-0.3, -0.25) is 14.5 Å². The molecule has 0 aromatic heterocycles. The Bertz CT molecular complexity index is 836. The van der Waals surface area contributed by atoms with E-state index in [1.165, 1.54) is 6.92 Å². The monoisotopic (exact) mass is 425 g/mol. The van der Waals surface area contributed by atoms with Crippen molar-refractivity contribution in [2.45, 2.75) is 19.5 Å². The highest BCUT2D eigenvalue weighted by Gasteiger charge is 2.29. The minimum atomic E-state index is -0.703. The zero-order valence-electron chi connectivity index (χ0n) is 18.3. The van der Waals surface area contributed by atoms with Crippen molar-refractivity contribution in [1.82, 2.24) is 15.1 Å². The fourth-order valence-electron chi connectivity index (χ4n) is 3.68. The highest BCUT2D eigenvalue weighted by molar-refractivity contribution is 5.88. The summed E-state index contributed by atoms with van der Waals surface area (Å²) < 4.78 is 10.6. The average Bonchev–Trinajstić information content (AvgIpc) is 2.80. The van der Waals surface area contributed by atoms with Gasteiger partial charge in [0, 0.05) is 39.6 Å². The average molecular weight is 426 g/mol. The van der Waals surface area contributed by atoms with Gasteiger partial charge in [0.1, 0.15) is 11.8 Å². The van der Waals surface area contributed by atoms with Gasteiger partial charge < -0.3 is 19.7 Å². The first kappa shape index (κ1) is 22.8. The first-order chi connectivity index (χ1) is 15.1. The van der Waals surface area contributed by atoms with Crippen LogP contribution in [0, 0.1) is 0 Å². The molecule has 1 fully saturated rings. The summed E-state index contributed by atoms with van der Waals surface area (Å²) >= 11 is 0. The van der Waals surface area contributed by atoms with Gasteiger partial charge in [-0.1, -0.05) is 42.5 Å². The maximum Gasteiger partial charge on any atom is 0.247 e. The molecule has 7 nitrogen and oxygen atoms in total. The second kappa shape index (κ2) is 11.5. The Morgan fingerprint density at radius 2 is 1.77 bits per heavy atom. The van der Waals surface area contributed by atoms with E-state index in [2.05, 4.69) is 10.2 Å². The lowest BCUT2D eigenvalue weighted by atomic mass is 10.0. The molecule has 1 aliphatic heterocycles. The van der Waals surface area contributed by atoms with Crippen molar-refractivity contribution in [3.05, 3.63) is 65.7 Å². The molecule has 7 heteroatoms. The van der Waals surface area contributed by atoms with Gasteiger partial charge in [0.25, 0.3) is 0 Å². The molecule has 31 heavy (non-hydrogen) atoms. The largest absolute Gasteiger partial charge is 0.497 e.